The number of hydrogen-bond donors (Lipinski definition) is 0. The molecule has 0 N–H and O–H groups in total. The van der Waals surface area contributed by atoms with Crippen molar-refractivity contribution < 1.29 is 19.2 Å². The molecule has 0 unspecified atom stereocenters. The molecule has 86 valence electrons. The fourth-order valence-corrected chi connectivity index (χ4v) is 1.86. The van der Waals surface area contributed by atoms with E-state index in [9.17, 15) is 14.9 Å². The van der Waals surface area contributed by atoms with Gasteiger partial charge in [-0.3, -0.25) is 14.9 Å². The van der Waals surface area contributed by atoms with Gasteiger partial charge in [-0.15, -0.1) is 0 Å². The van der Waals surface area contributed by atoms with Crippen molar-refractivity contribution in [3.8, 4) is 11.5 Å². The summed E-state index contributed by atoms with van der Waals surface area (Å²) in [4.78, 5) is 20.9. The molecule has 0 saturated heterocycles. The molecule has 0 saturated carbocycles. The maximum atomic E-state index is 10.8. The minimum atomic E-state index is -0.683. The normalized spacial score (nSPS) is 9.69. The fraction of sp³-hybridized carbons (Fsp3) is 0.222. The number of methoxy groups -OCH3 is 2. The van der Waals surface area contributed by atoms with Crippen molar-refractivity contribution in [2.24, 2.45) is 0 Å². The lowest BCUT2D eigenvalue weighted by atomic mass is 10.1. The molecule has 0 bridgehead atoms. The number of rotatable bonds is 4. The minimum absolute atomic E-state index is 0.0745. The van der Waals surface area contributed by atoms with Gasteiger partial charge in [0.15, 0.2) is 12.0 Å². The Hall–Kier alpha value is -1.63. The Labute approximate surface area is 99.4 Å². The number of nitro groups is 1. The average molecular weight is 290 g/mol. The van der Waals surface area contributed by atoms with E-state index in [0.717, 1.165) is 0 Å². The van der Waals surface area contributed by atoms with Crippen LogP contribution in [0.1, 0.15) is 10.4 Å². The largest absolute Gasteiger partial charge is 0.492 e. The zero-order chi connectivity index (χ0) is 12.3. The average Bonchev–Trinajstić information content (AvgIpc) is 2.26. The van der Waals surface area contributed by atoms with Crippen molar-refractivity contribution in [2.45, 2.75) is 0 Å². The molecule has 1 rings (SSSR count). The lowest BCUT2D eigenvalue weighted by molar-refractivity contribution is -0.386. The maximum absolute atomic E-state index is 10.8. The summed E-state index contributed by atoms with van der Waals surface area (Å²) in [5, 5.41) is 10.8. The molecule has 0 aromatic heterocycles. The highest BCUT2D eigenvalue weighted by molar-refractivity contribution is 9.10. The first-order chi connectivity index (χ1) is 7.56. The van der Waals surface area contributed by atoms with Crippen LogP contribution in [0.15, 0.2) is 10.5 Å². The van der Waals surface area contributed by atoms with Crippen molar-refractivity contribution in [1.29, 1.82) is 0 Å². The number of benzene rings is 1. The molecule has 0 atom stereocenters. The van der Waals surface area contributed by atoms with E-state index < -0.39 is 10.6 Å². The summed E-state index contributed by atoms with van der Waals surface area (Å²) in [6, 6.07) is 1.31. The second kappa shape index (κ2) is 4.93. The second-order valence-electron chi connectivity index (χ2n) is 2.74. The first-order valence-electron chi connectivity index (χ1n) is 4.10. The van der Waals surface area contributed by atoms with E-state index in [1.165, 1.54) is 20.3 Å². The summed E-state index contributed by atoms with van der Waals surface area (Å²) < 4.78 is 10.3. The molecule has 1 aromatic rings. The third-order valence-corrected chi connectivity index (χ3v) is 2.50. The number of carbonyl (C=O) groups is 1. The zero-order valence-electron chi connectivity index (χ0n) is 8.52. The van der Waals surface area contributed by atoms with Crippen LogP contribution in [0.2, 0.25) is 0 Å². The molecular weight excluding hydrogens is 282 g/mol. The summed E-state index contributed by atoms with van der Waals surface area (Å²) in [7, 11) is 2.62. The van der Waals surface area contributed by atoms with Crippen LogP contribution < -0.4 is 9.47 Å². The van der Waals surface area contributed by atoms with Crippen molar-refractivity contribution in [3.05, 3.63) is 26.2 Å². The number of nitrogens with zero attached hydrogens (tertiary/aromatic N) is 1. The quantitative estimate of drug-likeness (QED) is 0.482. The molecule has 0 aliphatic rings. The van der Waals surface area contributed by atoms with E-state index >= 15 is 0 Å². The van der Waals surface area contributed by atoms with E-state index in [1.54, 1.807) is 0 Å². The predicted octanol–water partition coefficient (Wildman–Crippen LogP) is 2.19. The molecule has 0 radical (unpaired) electrons. The van der Waals surface area contributed by atoms with Crippen LogP contribution in [0.5, 0.6) is 11.5 Å². The highest BCUT2D eigenvalue weighted by atomic mass is 79.9. The highest BCUT2D eigenvalue weighted by Crippen LogP contribution is 2.44. The number of nitro benzene ring substituents is 1. The lowest BCUT2D eigenvalue weighted by Gasteiger charge is -2.10. The molecule has 0 aliphatic heterocycles. The van der Waals surface area contributed by atoms with Gasteiger partial charge in [-0.2, -0.15) is 0 Å². The Morgan fingerprint density at radius 1 is 1.38 bits per heavy atom. The van der Waals surface area contributed by atoms with Crippen LogP contribution >= 0.6 is 15.9 Å². The molecule has 6 nitrogen and oxygen atoms in total. The number of carbonyl (C=O) groups excluding carboxylic acids is 1. The van der Waals surface area contributed by atoms with Crippen molar-refractivity contribution in [1.82, 2.24) is 0 Å². The number of aldehydes is 1. The summed E-state index contributed by atoms with van der Waals surface area (Å²) >= 11 is 3.14. The summed E-state index contributed by atoms with van der Waals surface area (Å²) in [6.45, 7) is 0. The SMILES string of the molecule is COc1c(Br)cc(C=O)c([N+](=O)[O-])c1OC. The van der Waals surface area contributed by atoms with Crippen LogP contribution in [0.4, 0.5) is 5.69 Å². The Morgan fingerprint density at radius 2 is 1.94 bits per heavy atom. The third kappa shape index (κ3) is 1.99. The van der Waals surface area contributed by atoms with Gasteiger partial charge in [0.1, 0.15) is 0 Å². The minimum Gasteiger partial charge on any atom is -0.492 e. The summed E-state index contributed by atoms with van der Waals surface area (Å²) in [6.07, 6.45) is 0.394. The van der Waals surface area contributed by atoms with Gasteiger partial charge in [-0.1, -0.05) is 0 Å². The molecule has 0 aliphatic carbocycles. The van der Waals surface area contributed by atoms with E-state index in [1.807, 2.05) is 0 Å². The molecule has 7 heteroatoms. The van der Waals surface area contributed by atoms with Crippen molar-refractivity contribution >= 4 is 27.9 Å². The monoisotopic (exact) mass is 289 g/mol. The molecule has 16 heavy (non-hydrogen) atoms. The number of ether oxygens (including phenoxy) is 2. The molecule has 0 heterocycles. The van der Waals surface area contributed by atoms with Crippen molar-refractivity contribution in [2.75, 3.05) is 14.2 Å². The predicted molar refractivity (Wildman–Crippen MR) is 59.3 cm³/mol. The lowest BCUT2D eigenvalue weighted by Crippen LogP contribution is -2.01. The van der Waals surface area contributed by atoms with Gasteiger partial charge in [0.05, 0.1) is 29.2 Å². The zero-order valence-corrected chi connectivity index (χ0v) is 10.1. The van der Waals surface area contributed by atoms with Gasteiger partial charge in [0.2, 0.25) is 5.75 Å². The van der Waals surface area contributed by atoms with Gasteiger partial charge in [-0.05, 0) is 22.0 Å². The Morgan fingerprint density at radius 3 is 2.31 bits per heavy atom. The molecule has 0 amide bonds. The number of hydrogen-bond acceptors (Lipinski definition) is 5. The molecule has 0 spiro atoms. The highest BCUT2D eigenvalue weighted by Gasteiger charge is 2.27. The van der Waals surface area contributed by atoms with Crippen LogP contribution in [0, 0.1) is 10.1 Å². The van der Waals surface area contributed by atoms with Crippen LogP contribution in [0.25, 0.3) is 0 Å². The van der Waals surface area contributed by atoms with Gasteiger partial charge in [0.25, 0.3) is 0 Å². The number of halogens is 1. The molecule has 0 fully saturated rings. The second-order valence-corrected chi connectivity index (χ2v) is 3.59. The van der Waals surface area contributed by atoms with E-state index in [0.29, 0.717) is 10.8 Å². The van der Waals surface area contributed by atoms with Gasteiger partial charge in [0, 0.05) is 0 Å². The first-order valence-corrected chi connectivity index (χ1v) is 4.90. The van der Waals surface area contributed by atoms with E-state index in [-0.39, 0.29) is 17.1 Å². The van der Waals surface area contributed by atoms with Crippen LogP contribution in [-0.4, -0.2) is 25.4 Å². The maximum Gasteiger partial charge on any atom is 0.325 e. The van der Waals surface area contributed by atoms with Crippen LogP contribution in [0.3, 0.4) is 0 Å². The van der Waals surface area contributed by atoms with E-state index in [2.05, 4.69) is 15.9 Å². The standard InChI is InChI=1S/C9H8BrNO5/c1-15-8-6(10)3-5(4-12)7(11(13)14)9(8)16-2/h3-4H,1-2H3. The van der Waals surface area contributed by atoms with Gasteiger partial charge < -0.3 is 9.47 Å². The Balaban J connectivity index is 3.65. The fourth-order valence-electron chi connectivity index (χ4n) is 1.28. The van der Waals surface area contributed by atoms with Gasteiger partial charge in [-0.25, -0.2) is 0 Å². The smallest absolute Gasteiger partial charge is 0.325 e. The summed E-state index contributed by atoms with van der Waals surface area (Å²) in [5.41, 5.74) is -0.480. The summed E-state index contributed by atoms with van der Waals surface area (Å²) in [5.74, 6) is 0.101. The molecule has 1 aromatic carbocycles. The first kappa shape index (κ1) is 12.4. The van der Waals surface area contributed by atoms with E-state index in [4.69, 9.17) is 9.47 Å². The topological polar surface area (TPSA) is 78.7 Å². The van der Waals surface area contributed by atoms with Crippen LogP contribution in [-0.2, 0) is 0 Å². The van der Waals surface area contributed by atoms with Gasteiger partial charge >= 0.3 is 5.69 Å². The third-order valence-electron chi connectivity index (χ3n) is 1.91. The van der Waals surface area contributed by atoms with Crippen molar-refractivity contribution in [3.63, 3.8) is 0 Å². The Kier molecular flexibility index (Phi) is 3.83. The Bertz CT molecular complexity index is 446. The molecular formula is C9H8BrNO5.